The number of carbonyl (C=O) groups excluding carboxylic acids is 3. The number of cyclic esters (lactones) is 1. The minimum Gasteiger partial charge on any atom is -0.463 e. The van der Waals surface area contributed by atoms with Crippen LogP contribution in [0.3, 0.4) is 0 Å². The zero-order valence-corrected chi connectivity index (χ0v) is 33.6. The highest BCUT2D eigenvalue weighted by molar-refractivity contribution is 6.04. The van der Waals surface area contributed by atoms with E-state index in [4.69, 9.17) is 18.9 Å². The molecule has 3 heterocycles. The monoisotopic (exact) mass is 723 g/mol. The summed E-state index contributed by atoms with van der Waals surface area (Å²) in [5.41, 5.74) is -2.42. The number of ether oxygens (including phenoxy) is 4. The fraction of sp³-hybridized carbons (Fsp3) is 0.923. The molecule has 4 fully saturated rings. The summed E-state index contributed by atoms with van der Waals surface area (Å²) in [5.74, 6) is -0.446. The summed E-state index contributed by atoms with van der Waals surface area (Å²) in [6, 6.07) is -0.306. The van der Waals surface area contributed by atoms with Gasteiger partial charge in [0.15, 0.2) is 12.1 Å². The third-order valence-electron chi connectivity index (χ3n) is 12.5. The summed E-state index contributed by atoms with van der Waals surface area (Å²) in [7, 11) is 9.66. The van der Waals surface area contributed by atoms with Crippen molar-refractivity contribution in [3.05, 3.63) is 0 Å². The third kappa shape index (κ3) is 10.1. The average molecular weight is 723 g/mol. The van der Waals surface area contributed by atoms with E-state index in [0.29, 0.717) is 38.9 Å². The van der Waals surface area contributed by atoms with Gasteiger partial charge in [-0.25, -0.2) is 0 Å². The molecular weight excluding hydrogens is 652 g/mol. The first kappa shape index (κ1) is 42.1. The topological polar surface area (TPSA) is 121 Å². The number of aliphatic hydroxyl groups is 1. The van der Waals surface area contributed by atoms with Crippen molar-refractivity contribution >= 4 is 17.7 Å². The molecule has 51 heavy (non-hydrogen) atoms. The molecule has 3 saturated heterocycles. The van der Waals surface area contributed by atoms with E-state index >= 15 is 0 Å². The number of hydrogen-bond acceptors (Lipinski definition) is 11. The molecule has 0 aromatic heterocycles. The van der Waals surface area contributed by atoms with Crippen LogP contribution in [-0.4, -0.2) is 159 Å². The Morgan fingerprint density at radius 1 is 1.06 bits per heavy atom. The molecule has 12 nitrogen and oxygen atoms in total. The van der Waals surface area contributed by atoms with Crippen LogP contribution in [0.2, 0.25) is 0 Å². The molecule has 1 saturated carbocycles. The molecule has 4 aliphatic rings. The van der Waals surface area contributed by atoms with Crippen LogP contribution in [0, 0.1) is 29.1 Å². The smallest absolute Gasteiger partial charge is 0.319 e. The lowest BCUT2D eigenvalue weighted by Gasteiger charge is -2.47. The molecule has 4 rings (SSSR count). The number of Topliss-reactive ketones (excluding diaryl/α,β-unsaturated/α-hetero) is 1. The van der Waals surface area contributed by atoms with E-state index in [9.17, 15) is 19.5 Å². The molecule has 1 amide bonds. The van der Waals surface area contributed by atoms with Crippen LogP contribution in [0.15, 0.2) is 0 Å². The molecule has 0 unspecified atom stereocenters. The van der Waals surface area contributed by atoms with Crippen LogP contribution in [-0.2, 0) is 33.3 Å². The first-order valence-electron chi connectivity index (χ1n) is 19.5. The summed E-state index contributed by atoms with van der Waals surface area (Å²) in [5, 5.41) is 11.4. The minimum atomic E-state index is -1.46. The van der Waals surface area contributed by atoms with Gasteiger partial charge in [-0.1, -0.05) is 20.3 Å². The molecule has 9 atom stereocenters. The predicted octanol–water partition coefficient (Wildman–Crippen LogP) is 3.29. The van der Waals surface area contributed by atoms with Crippen LogP contribution in [0.25, 0.3) is 0 Å². The Bertz CT molecular complexity index is 1180. The maximum Gasteiger partial charge on any atom is 0.319 e. The van der Waals surface area contributed by atoms with Crippen molar-refractivity contribution in [3.8, 4) is 0 Å². The molecule has 0 bridgehead atoms. The Hall–Kier alpha value is -1.67. The van der Waals surface area contributed by atoms with Gasteiger partial charge in [0.05, 0.1) is 17.8 Å². The molecule has 0 spiro atoms. The largest absolute Gasteiger partial charge is 0.463 e. The quantitative estimate of drug-likeness (QED) is 0.250. The fourth-order valence-electron chi connectivity index (χ4n) is 8.89. The van der Waals surface area contributed by atoms with Crippen LogP contribution in [0.1, 0.15) is 86.5 Å². The van der Waals surface area contributed by atoms with Gasteiger partial charge >= 0.3 is 5.97 Å². The molecular formula is C39H70N4O8. The molecule has 1 N–H and O–H groups in total. The average Bonchev–Trinajstić information content (AvgIpc) is 3.02. The number of methoxy groups -OCH3 is 1. The van der Waals surface area contributed by atoms with Gasteiger partial charge in [-0.05, 0) is 106 Å². The normalized spacial score (nSPS) is 36.5. The van der Waals surface area contributed by atoms with Crippen LogP contribution in [0.4, 0.5) is 0 Å². The highest BCUT2D eigenvalue weighted by atomic mass is 16.7. The van der Waals surface area contributed by atoms with Crippen LogP contribution >= 0.6 is 0 Å². The second-order valence-electron chi connectivity index (χ2n) is 17.6. The van der Waals surface area contributed by atoms with E-state index in [1.54, 1.807) is 27.9 Å². The van der Waals surface area contributed by atoms with Crippen LogP contribution in [0.5, 0.6) is 0 Å². The van der Waals surface area contributed by atoms with Gasteiger partial charge in [-0.2, -0.15) is 0 Å². The number of carbonyl (C=O) groups is 3. The molecule has 12 heteroatoms. The summed E-state index contributed by atoms with van der Waals surface area (Å²) in [6.07, 6.45) is 3.66. The zero-order chi connectivity index (χ0) is 37.8. The van der Waals surface area contributed by atoms with Gasteiger partial charge in [0.1, 0.15) is 18.1 Å². The summed E-state index contributed by atoms with van der Waals surface area (Å²) in [6.45, 7) is 15.2. The van der Waals surface area contributed by atoms with Gasteiger partial charge in [0, 0.05) is 63.6 Å². The second-order valence-corrected chi connectivity index (χ2v) is 17.6. The predicted molar refractivity (Wildman–Crippen MR) is 196 cm³/mol. The molecule has 0 radical (unpaired) electrons. The third-order valence-corrected chi connectivity index (χ3v) is 12.5. The number of esters is 1. The Kier molecular flexibility index (Phi) is 14.6. The number of amides is 1. The van der Waals surface area contributed by atoms with Crippen LogP contribution < -0.4 is 0 Å². The van der Waals surface area contributed by atoms with Crippen molar-refractivity contribution in [3.63, 3.8) is 0 Å². The zero-order valence-electron chi connectivity index (χ0n) is 33.6. The van der Waals surface area contributed by atoms with Gasteiger partial charge in [-0.3, -0.25) is 19.3 Å². The lowest BCUT2D eigenvalue weighted by Crippen LogP contribution is -2.60. The van der Waals surface area contributed by atoms with Crippen molar-refractivity contribution in [2.75, 3.05) is 74.6 Å². The summed E-state index contributed by atoms with van der Waals surface area (Å²) >= 11 is 0. The Morgan fingerprint density at radius 2 is 1.73 bits per heavy atom. The molecule has 1 aliphatic carbocycles. The lowest BCUT2D eigenvalue weighted by molar-refractivity contribution is -0.295. The van der Waals surface area contributed by atoms with E-state index in [1.165, 1.54) is 19.3 Å². The molecule has 0 aromatic rings. The number of aliphatic hydroxyl groups excluding tert-OH is 1. The summed E-state index contributed by atoms with van der Waals surface area (Å²) in [4.78, 5) is 49.6. The van der Waals surface area contributed by atoms with E-state index < -0.39 is 41.4 Å². The maximum absolute atomic E-state index is 14.3. The van der Waals surface area contributed by atoms with E-state index in [2.05, 4.69) is 23.8 Å². The van der Waals surface area contributed by atoms with Crippen molar-refractivity contribution in [2.24, 2.45) is 29.1 Å². The van der Waals surface area contributed by atoms with Crippen molar-refractivity contribution in [1.29, 1.82) is 0 Å². The Morgan fingerprint density at radius 3 is 2.31 bits per heavy atom. The standard InChI is InChI=1S/C39H70N4O8/c1-25-19-39(6,48-11)35(51-36-33(45)30(40(7)8)18-26(2)50-36)27(3)34(46)38(4,5)37(47)49-24-31(42(10)20-25)29-22-43(23-29)32(44)16-13-17-41(9)21-28-14-12-15-28/h25-31,33,35-36,45H,12-24H2,1-11H3/t25-,26-,27+,30+,31+,33-,35-,36+,39-/m1/s1. The van der Waals surface area contributed by atoms with Crippen molar-refractivity contribution < 1.29 is 38.4 Å². The van der Waals surface area contributed by atoms with E-state index in [0.717, 1.165) is 25.4 Å². The highest BCUT2D eigenvalue weighted by Crippen LogP contribution is 2.39. The van der Waals surface area contributed by atoms with Gasteiger partial charge in [0.25, 0.3) is 0 Å². The number of likely N-dealkylation sites (N-methyl/N-ethyl adjacent to an activating group) is 2. The van der Waals surface area contributed by atoms with E-state index in [-0.39, 0.29) is 48.3 Å². The fourth-order valence-corrected chi connectivity index (χ4v) is 8.89. The van der Waals surface area contributed by atoms with Gasteiger partial charge in [0.2, 0.25) is 5.91 Å². The Labute approximate surface area is 307 Å². The van der Waals surface area contributed by atoms with Crippen molar-refractivity contribution in [1.82, 2.24) is 19.6 Å². The minimum absolute atomic E-state index is 0.0979. The van der Waals surface area contributed by atoms with Gasteiger partial charge in [-0.15, -0.1) is 0 Å². The first-order valence-corrected chi connectivity index (χ1v) is 19.5. The Balaban J connectivity index is 1.47. The highest BCUT2D eigenvalue weighted by Gasteiger charge is 2.52. The number of rotatable bonds is 11. The molecule has 0 aromatic carbocycles. The van der Waals surface area contributed by atoms with Crippen molar-refractivity contribution in [2.45, 2.75) is 129 Å². The molecule has 3 aliphatic heterocycles. The lowest BCUT2D eigenvalue weighted by atomic mass is 9.74. The first-order chi connectivity index (χ1) is 23.9. The number of ketones is 1. The molecule has 294 valence electrons. The maximum atomic E-state index is 14.3. The number of likely N-dealkylation sites (tertiary alicyclic amines) is 1. The summed E-state index contributed by atoms with van der Waals surface area (Å²) < 4.78 is 25.0. The van der Waals surface area contributed by atoms with Gasteiger partial charge < -0.3 is 38.8 Å². The second kappa shape index (κ2) is 17.6. The SMILES string of the molecule is CO[C@]1(C)C[C@@H](C)CN(C)[C@H](C2CN(C(=O)CCCN(C)CC3CCC3)C2)COC(=O)C(C)(C)C(=O)[C@H](C)[C@H]1O[C@@H]1O[C@H](C)C[C@H](N(C)C)[C@H]1O. The number of nitrogens with zero attached hydrogens (tertiary/aromatic N) is 4. The number of hydrogen-bond donors (Lipinski definition) is 1. The van der Waals surface area contributed by atoms with E-state index in [1.807, 2.05) is 44.8 Å².